The van der Waals surface area contributed by atoms with Crippen molar-refractivity contribution < 1.29 is 9.90 Å². The van der Waals surface area contributed by atoms with Crippen LogP contribution in [0.25, 0.3) is 11.3 Å². The number of nitrogens with one attached hydrogen (secondary N) is 2. The summed E-state index contributed by atoms with van der Waals surface area (Å²) < 4.78 is 0. The van der Waals surface area contributed by atoms with Gasteiger partial charge in [0.1, 0.15) is 11.9 Å². The van der Waals surface area contributed by atoms with Gasteiger partial charge in [0.05, 0.1) is 11.9 Å². The first-order valence-electron chi connectivity index (χ1n) is 5.50. The summed E-state index contributed by atoms with van der Waals surface area (Å²) in [4.78, 5) is 17.5. The summed E-state index contributed by atoms with van der Waals surface area (Å²) in [7, 11) is 0. The molecule has 0 aliphatic rings. The molecule has 4 N–H and O–H groups in total. The van der Waals surface area contributed by atoms with E-state index in [2.05, 4.69) is 15.3 Å². The standard InChI is InChI=1S/C12H14N4O2/c13-9-3-1-8(2-4-9)10-7-15-11(16-10)5-6-14-12(17)18/h1-4,7,14H,5-6,13H2,(H,15,16)(H,17,18)/p-1. The highest BCUT2D eigenvalue weighted by atomic mass is 16.4. The lowest BCUT2D eigenvalue weighted by atomic mass is 10.1. The minimum atomic E-state index is -1.28. The summed E-state index contributed by atoms with van der Waals surface area (Å²) >= 11 is 0. The topological polar surface area (TPSA) is 107 Å². The molecule has 0 aliphatic heterocycles. The van der Waals surface area contributed by atoms with Crippen molar-refractivity contribution in [3.8, 4) is 11.3 Å². The second-order valence-corrected chi connectivity index (χ2v) is 3.83. The zero-order valence-electron chi connectivity index (χ0n) is 9.64. The van der Waals surface area contributed by atoms with Crippen LogP contribution in [-0.4, -0.2) is 22.6 Å². The summed E-state index contributed by atoms with van der Waals surface area (Å²) in [6.07, 6.45) is 0.920. The molecule has 0 unspecified atom stereocenters. The third kappa shape index (κ3) is 3.00. The first kappa shape index (κ1) is 12.0. The fraction of sp³-hybridized carbons (Fsp3) is 0.167. The van der Waals surface area contributed by atoms with Crippen molar-refractivity contribution in [1.29, 1.82) is 0 Å². The zero-order chi connectivity index (χ0) is 13.0. The summed E-state index contributed by atoms with van der Waals surface area (Å²) in [5.74, 6) is 0.718. The van der Waals surface area contributed by atoms with Gasteiger partial charge in [-0.25, -0.2) is 4.98 Å². The molecule has 0 saturated heterocycles. The Bertz CT molecular complexity index is 533. The van der Waals surface area contributed by atoms with Gasteiger partial charge in [0.2, 0.25) is 0 Å². The van der Waals surface area contributed by atoms with E-state index in [9.17, 15) is 9.90 Å². The number of anilines is 1. The van der Waals surface area contributed by atoms with E-state index in [1.807, 2.05) is 24.3 Å². The molecule has 0 spiro atoms. The molecule has 0 aliphatic carbocycles. The third-order valence-electron chi connectivity index (χ3n) is 2.48. The van der Waals surface area contributed by atoms with Crippen molar-refractivity contribution in [2.45, 2.75) is 6.42 Å². The molecule has 6 heteroatoms. The molecule has 0 bridgehead atoms. The van der Waals surface area contributed by atoms with E-state index in [0.29, 0.717) is 12.1 Å². The van der Waals surface area contributed by atoms with Gasteiger partial charge >= 0.3 is 0 Å². The van der Waals surface area contributed by atoms with Crippen LogP contribution < -0.4 is 16.2 Å². The highest BCUT2D eigenvalue weighted by Crippen LogP contribution is 2.18. The van der Waals surface area contributed by atoms with E-state index in [-0.39, 0.29) is 6.54 Å². The Morgan fingerprint density at radius 2 is 2.11 bits per heavy atom. The monoisotopic (exact) mass is 245 g/mol. The number of H-pyrrole nitrogens is 1. The van der Waals surface area contributed by atoms with Gasteiger partial charge in [-0.2, -0.15) is 0 Å². The van der Waals surface area contributed by atoms with Crippen molar-refractivity contribution >= 4 is 11.8 Å². The van der Waals surface area contributed by atoms with Crippen LogP contribution in [0.2, 0.25) is 0 Å². The minimum absolute atomic E-state index is 0.275. The maximum absolute atomic E-state index is 10.2. The van der Waals surface area contributed by atoms with E-state index in [4.69, 9.17) is 5.73 Å². The number of imidazole rings is 1. The zero-order valence-corrected chi connectivity index (χ0v) is 9.64. The van der Waals surface area contributed by atoms with Crippen LogP contribution in [0.5, 0.6) is 0 Å². The Balaban J connectivity index is 2.01. The number of hydrogen-bond donors (Lipinski definition) is 3. The Morgan fingerprint density at radius 1 is 1.39 bits per heavy atom. The first-order valence-corrected chi connectivity index (χ1v) is 5.50. The Labute approximate surface area is 104 Å². The van der Waals surface area contributed by atoms with Gasteiger partial charge in [0.15, 0.2) is 0 Å². The van der Waals surface area contributed by atoms with E-state index < -0.39 is 6.09 Å². The fourth-order valence-corrected chi connectivity index (χ4v) is 1.58. The molecular weight excluding hydrogens is 232 g/mol. The minimum Gasteiger partial charge on any atom is -0.530 e. The normalized spacial score (nSPS) is 10.2. The summed E-state index contributed by atoms with van der Waals surface area (Å²) in [5.41, 5.74) is 8.17. The molecular formula is C12H13N4O2-. The second kappa shape index (κ2) is 5.22. The average molecular weight is 245 g/mol. The molecule has 6 nitrogen and oxygen atoms in total. The van der Waals surface area contributed by atoms with Crippen molar-refractivity contribution in [3.63, 3.8) is 0 Å². The Morgan fingerprint density at radius 3 is 2.78 bits per heavy atom. The summed E-state index contributed by atoms with van der Waals surface area (Å²) in [6.45, 7) is 0.275. The predicted octanol–water partition coefficient (Wildman–Crippen LogP) is 0.134. The lowest BCUT2D eigenvalue weighted by molar-refractivity contribution is -0.250. The van der Waals surface area contributed by atoms with Crippen molar-refractivity contribution in [2.24, 2.45) is 0 Å². The molecule has 94 valence electrons. The van der Waals surface area contributed by atoms with Crippen molar-refractivity contribution in [3.05, 3.63) is 36.3 Å². The first-order chi connectivity index (χ1) is 8.65. The van der Waals surface area contributed by atoms with Crippen LogP contribution in [-0.2, 0) is 6.42 Å². The van der Waals surface area contributed by atoms with E-state index in [0.717, 1.165) is 17.1 Å². The van der Waals surface area contributed by atoms with Crippen LogP contribution in [0.15, 0.2) is 30.5 Å². The molecule has 1 heterocycles. The smallest absolute Gasteiger partial charge is 0.134 e. The van der Waals surface area contributed by atoms with Gasteiger partial charge < -0.3 is 25.9 Å². The predicted molar refractivity (Wildman–Crippen MR) is 65.5 cm³/mol. The number of carboxylic acid groups (broad SMARTS) is 1. The number of nitrogen functional groups attached to an aromatic ring is 1. The molecule has 0 radical (unpaired) electrons. The highest BCUT2D eigenvalue weighted by molar-refractivity contribution is 5.62. The lowest BCUT2D eigenvalue weighted by Gasteiger charge is -2.03. The number of carbonyl (C=O) groups excluding carboxylic acids is 1. The molecule has 1 aromatic heterocycles. The molecule has 1 aromatic carbocycles. The van der Waals surface area contributed by atoms with Gasteiger partial charge in [0.25, 0.3) is 0 Å². The van der Waals surface area contributed by atoms with Crippen molar-refractivity contribution in [1.82, 2.24) is 15.3 Å². The number of hydrogen-bond acceptors (Lipinski definition) is 4. The van der Waals surface area contributed by atoms with Gasteiger partial charge in [-0.1, -0.05) is 12.1 Å². The number of nitrogens with zero attached hydrogens (tertiary/aromatic N) is 1. The van der Waals surface area contributed by atoms with Crippen LogP contribution >= 0.6 is 0 Å². The number of nitrogens with two attached hydrogens (primary N) is 1. The summed E-state index contributed by atoms with van der Waals surface area (Å²) in [5, 5.41) is 12.4. The largest absolute Gasteiger partial charge is 0.530 e. The van der Waals surface area contributed by atoms with Crippen LogP contribution in [0, 0.1) is 0 Å². The van der Waals surface area contributed by atoms with Crippen LogP contribution in [0.3, 0.4) is 0 Å². The number of amides is 1. The second-order valence-electron chi connectivity index (χ2n) is 3.83. The molecule has 2 rings (SSSR count). The van der Waals surface area contributed by atoms with Gasteiger partial charge in [-0.15, -0.1) is 0 Å². The highest BCUT2D eigenvalue weighted by Gasteiger charge is 2.02. The molecule has 0 atom stereocenters. The van der Waals surface area contributed by atoms with E-state index in [1.165, 1.54) is 0 Å². The number of carbonyl (C=O) groups is 1. The molecule has 0 fully saturated rings. The van der Waals surface area contributed by atoms with E-state index in [1.54, 1.807) is 6.20 Å². The molecule has 0 saturated carbocycles. The number of benzene rings is 1. The van der Waals surface area contributed by atoms with Gasteiger partial charge in [0, 0.05) is 18.7 Å². The molecule has 2 aromatic rings. The Hall–Kier alpha value is -2.50. The third-order valence-corrected chi connectivity index (χ3v) is 2.48. The number of rotatable bonds is 4. The fourth-order valence-electron chi connectivity index (χ4n) is 1.58. The lowest BCUT2D eigenvalue weighted by Crippen LogP contribution is -2.37. The number of aromatic nitrogens is 2. The maximum atomic E-state index is 10.2. The van der Waals surface area contributed by atoms with E-state index >= 15 is 0 Å². The van der Waals surface area contributed by atoms with Gasteiger partial charge in [-0.05, 0) is 17.7 Å². The maximum Gasteiger partial charge on any atom is 0.134 e. The quantitative estimate of drug-likeness (QED) is 0.665. The van der Waals surface area contributed by atoms with Crippen molar-refractivity contribution in [2.75, 3.05) is 12.3 Å². The van der Waals surface area contributed by atoms with Gasteiger partial charge in [-0.3, -0.25) is 0 Å². The average Bonchev–Trinajstić information content (AvgIpc) is 2.78. The van der Waals surface area contributed by atoms with Crippen LogP contribution in [0.4, 0.5) is 10.5 Å². The van der Waals surface area contributed by atoms with Crippen LogP contribution in [0.1, 0.15) is 5.82 Å². The number of aromatic amines is 1. The molecule has 1 amide bonds. The molecule has 18 heavy (non-hydrogen) atoms. The SMILES string of the molecule is Nc1ccc(-c2cnc(CCNC(=O)[O-])[nH]2)cc1. The Kier molecular flexibility index (Phi) is 3.47. The summed E-state index contributed by atoms with van der Waals surface area (Å²) in [6, 6.07) is 7.42.